The number of benzene rings is 2. The molecule has 0 radical (unpaired) electrons. The van der Waals surface area contributed by atoms with Crippen LogP contribution in [0.1, 0.15) is 76.2 Å². The molecule has 1 fully saturated rings. The molecule has 7 atom stereocenters. The van der Waals surface area contributed by atoms with Gasteiger partial charge in [-0.15, -0.1) is 0 Å². The molecule has 6 rings (SSSR count). The van der Waals surface area contributed by atoms with E-state index in [-0.39, 0.29) is 36.2 Å². The van der Waals surface area contributed by atoms with Crippen molar-refractivity contribution in [3.63, 3.8) is 0 Å². The highest BCUT2D eigenvalue weighted by molar-refractivity contribution is 5.91. The highest BCUT2D eigenvalue weighted by atomic mass is 16.7. The maximum absolute atomic E-state index is 14.1. The smallest absolute Gasteiger partial charge is 0.357 e. The normalized spacial score (nSPS) is 25.5. The Bertz CT molecular complexity index is 1750. The molecule has 1 aliphatic heterocycles. The molecule has 51 heavy (non-hydrogen) atoms. The van der Waals surface area contributed by atoms with Crippen LogP contribution >= 0.6 is 0 Å². The lowest BCUT2D eigenvalue weighted by Crippen LogP contribution is -2.67. The standard InChI is InChI=1S/C38H42O13/c1-20(2)19-46-34(41)29(23-10-7-6-8-11-23)51-36(43)32(48-22(4)40)31(47-21(3)39)35(42)49-27-15-17-38(44)25-12-9-16-37(38)28-24(18-25)13-14-26(45-5)30(28)50-33(27)37/h6-8,10-11,13-15,20,25,29,31-33,44H,9,12,16-19H2,1-5H3/t25-,29+,31-,32-,33+,37+,38-/m1/s1. The highest BCUT2D eigenvalue weighted by Gasteiger charge is 2.71. The molecule has 2 aromatic rings. The third-order valence-corrected chi connectivity index (χ3v) is 10.1. The van der Waals surface area contributed by atoms with E-state index in [2.05, 4.69) is 0 Å². The fourth-order valence-electron chi connectivity index (χ4n) is 8.07. The number of carbonyl (C=O) groups excluding carboxylic acids is 5. The minimum absolute atomic E-state index is 0.0277. The van der Waals surface area contributed by atoms with Crippen LogP contribution in [0.15, 0.2) is 54.3 Å². The summed E-state index contributed by atoms with van der Waals surface area (Å²) >= 11 is 0. The zero-order valence-corrected chi connectivity index (χ0v) is 29.2. The lowest BCUT2D eigenvalue weighted by atomic mass is 9.47. The van der Waals surface area contributed by atoms with Gasteiger partial charge in [-0.25, -0.2) is 14.4 Å². The Hall–Kier alpha value is -4.91. The predicted molar refractivity (Wildman–Crippen MR) is 176 cm³/mol. The summed E-state index contributed by atoms with van der Waals surface area (Å²) in [6, 6.07) is 11.8. The molecule has 272 valence electrons. The molecule has 2 aromatic carbocycles. The van der Waals surface area contributed by atoms with Crippen molar-refractivity contribution in [3.05, 3.63) is 71.0 Å². The largest absolute Gasteiger partial charge is 0.493 e. The van der Waals surface area contributed by atoms with E-state index in [1.165, 1.54) is 19.2 Å². The Morgan fingerprint density at radius 3 is 2.25 bits per heavy atom. The van der Waals surface area contributed by atoms with E-state index in [9.17, 15) is 29.1 Å². The average Bonchev–Trinajstić information content (AvgIpc) is 3.44. The van der Waals surface area contributed by atoms with Crippen molar-refractivity contribution >= 4 is 29.8 Å². The molecular formula is C38H42O13. The lowest BCUT2D eigenvalue weighted by Gasteiger charge is -2.59. The Morgan fingerprint density at radius 1 is 0.922 bits per heavy atom. The van der Waals surface area contributed by atoms with Gasteiger partial charge in [0.1, 0.15) is 5.76 Å². The van der Waals surface area contributed by atoms with E-state index in [4.69, 9.17) is 33.2 Å². The second-order valence-corrected chi connectivity index (χ2v) is 13.9. The fourth-order valence-corrected chi connectivity index (χ4v) is 8.07. The summed E-state index contributed by atoms with van der Waals surface area (Å²) in [5.41, 5.74) is -0.0844. The summed E-state index contributed by atoms with van der Waals surface area (Å²) in [6.45, 7) is 5.68. The van der Waals surface area contributed by atoms with Crippen LogP contribution in [-0.4, -0.2) is 72.6 Å². The fraction of sp³-hybridized carbons (Fsp3) is 0.500. The van der Waals surface area contributed by atoms with Crippen molar-refractivity contribution in [1.29, 1.82) is 0 Å². The molecule has 1 N–H and O–H groups in total. The summed E-state index contributed by atoms with van der Waals surface area (Å²) in [6.07, 6.45) is -2.40. The zero-order chi connectivity index (χ0) is 36.7. The second-order valence-electron chi connectivity index (χ2n) is 13.9. The van der Waals surface area contributed by atoms with Crippen molar-refractivity contribution < 1.29 is 62.2 Å². The Morgan fingerprint density at radius 2 is 1.61 bits per heavy atom. The van der Waals surface area contributed by atoms with Crippen LogP contribution in [0.5, 0.6) is 11.5 Å². The van der Waals surface area contributed by atoms with Gasteiger partial charge in [-0.05, 0) is 55.2 Å². The van der Waals surface area contributed by atoms with Gasteiger partial charge >= 0.3 is 29.8 Å². The average molecular weight is 707 g/mol. The zero-order valence-electron chi connectivity index (χ0n) is 29.2. The summed E-state index contributed by atoms with van der Waals surface area (Å²) < 4.78 is 39.5. The number of aliphatic hydroxyl groups is 1. The van der Waals surface area contributed by atoms with Gasteiger partial charge in [-0.1, -0.05) is 56.7 Å². The minimum atomic E-state index is -2.18. The number of ether oxygens (including phenoxy) is 7. The minimum Gasteiger partial charge on any atom is -0.493 e. The topological polar surface area (TPSA) is 170 Å². The first-order valence-corrected chi connectivity index (χ1v) is 17.1. The van der Waals surface area contributed by atoms with Crippen LogP contribution in [0.3, 0.4) is 0 Å². The molecule has 0 aromatic heterocycles. The first-order valence-electron chi connectivity index (χ1n) is 17.1. The third kappa shape index (κ3) is 6.32. The maximum Gasteiger partial charge on any atom is 0.357 e. The molecule has 1 heterocycles. The SMILES string of the molecule is COc1ccc2c3c1O[C@H]1C(OC(=O)[C@H](OC(C)=O)[C@@H](OC(C)=O)C(=O)O[C@H](C(=O)OCC(C)C)c4ccccc4)=CC[C@@]4(O)[C@H](CCC[C@]314)C2. The quantitative estimate of drug-likeness (QED) is 0.249. The third-order valence-electron chi connectivity index (χ3n) is 10.1. The van der Waals surface area contributed by atoms with E-state index in [1.807, 2.05) is 26.0 Å². The maximum atomic E-state index is 14.1. The van der Waals surface area contributed by atoms with Crippen molar-refractivity contribution in [2.75, 3.05) is 13.7 Å². The number of rotatable bonds is 12. The monoisotopic (exact) mass is 706 g/mol. The molecule has 13 nitrogen and oxygen atoms in total. The van der Waals surface area contributed by atoms with Crippen molar-refractivity contribution in [2.45, 2.75) is 95.2 Å². The van der Waals surface area contributed by atoms with E-state index < -0.39 is 65.3 Å². The van der Waals surface area contributed by atoms with Crippen LogP contribution in [0.2, 0.25) is 0 Å². The summed E-state index contributed by atoms with van der Waals surface area (Å²) in [4.78, 5) is 65.7. The molecular weight excluding hydrogens is 664 g/mol. The van der Waals surface area contributed by atoms with Crippen molar-refractivity contribution in [2.24, 2.45) is 11.8 Å². The number of methoxy groups -OCH3 is 1. The van der Waals surface area contributed by atoms with Crippen molar-refractivity contribution in [1.82, 2.24) is 0 Å². The lowest BCUT2D eigenvalue weighted by molar-refractivity contribution is -0.195. The predicted octanol–water partition coefficient (Wildman–Crippen LogP) is 3.96. The Kier molecular flexibility index (Phi) is 9.86. The highest BCUT2D eigenvalue weighted by Crippen LogP contribution is 2.67. The van der Waals surface area contributed by atoms with Crippen LogP contribution in [0.4, 0.5) is 0 Å². The number of esters is 5. The Labute approximate surface area is 295 Å². The van der Waals surface area contributed by atoms with Crippen molar-refractivity contribution in [3.8, 4) is 11.5 Å². The van der Waals surface area contributed by atoms with E-state index in [0.717, 1.165) is 37.8 Å². The molecule has 0 amide bonds. The van der Waals surface area contributed by atoms with Gasteiger partial charge in [0.05, 0.1) is 24.7 Å². The van der Waals surface area contributed by atoms with Crippen LogP contribution in [-0.2, 0) is 59.5 Å². The molecule has 0 unspecified atom stereocenters. The van der Waals surface area contributed by atoms with Gasteiger partial charge in [-0.2, -0.15) is 0 Å². The number of hydrogen-bond donors (Lipinski definition) is 1. The van der Waals surface area contributed by atoms with Crippen LogP contribution in [0.25, 0.3) is 0 Å². The molecule has 4 aliphatic rings. The first kappa shape index (κ1) is 35.9. The molecule has 13 heteroatoms. The summed E-state index contributed by atoms with van der Waals surface area (Å²) in [5.74, 6) is -4.69. The molecule has 0 saturated heterocycles. The van der Waals surface area contributed by atoms with Crippen LogP contribution in [0, 0.1) is 11.8 Å². The van der Waals surface area contributed by atoms with Gasteiger partial charge in [0.25, 0.3) is 0 Å². The van der Waals surface area contributed by atoms with Crippen LogP contribution < -0.4 is 9.47 Å². The number of hydrogen-bond acceptors (Lipinski definition) is 13. The van der Waals surface area contributed by atoms with Gasteiger partial charge in [-0.3, -0.25) is 9.59 Å². The Balaban J connectivity index is 1.32. The first-order chi connectivity index (χ1) is 24.3. The molecule has 1 spiro atoms. The van der Waals surface area contributed by atoms with Gasteiger partial charge < -0.3 is 38.3 Å². The molecule has 3 aliphatic carbocycles. The van der Waals surface area contributed by atoms with Gasteiger partial charge in [0.15, 0.2) is 17.6 Å². The van der Waals surface area contributed by atoms with E-state index in [1.54, 1.807) is 24.3 Å². The number of carbonyl (C=O) groups is 5. The van der Waals surface area contributed by atoms with E-state index >= 15 is 0 Å². The van der Waals surface area contributed by atoms with Gasteiger partial charge in [0, 0.05) is 25.0 Å². The molecule has 1 saturated carbocycles. The van der Waals surface area contributed by atoms with Gasteiger partial charge in [0.2, 0.25) is 18.3 Å². The van der Waals surface area contributed by atoms with E-state index in [0.29, 0.717) is 24.3 Å². The second kappa shape index (κ2) is 14.0. The summed E-state index contributed by atoms with van der Waals surface area (Å²) in [5, 5.41) is 12.4. The summed E-state index contributed by atoms with van der Waals surface area (Å²) in [7, 11) is 1.51. The molecule has 2 bridgehead atoms.